The molecule has 2 rings (SSSR count). The third-order valence-corrected chi connectivity index (χ3v) is 4.73. The smallest absolute Gasteiger partial charge is 0.0613 e. The van der Waals surface area contributed by atoms with E-state index in [1.807, 2.05) is 0 Å². The van der Waals surface area contributed by atoms with Gasteiger partial charge >= 0.3 is 0 Å². The molecule has 0 aromatic rings. The molecule has 2 atom stereocenters. The Labute approximate surface area is 123 Å². The fourth-order valence-corrected chi connectivity index (χ4v) is 3.30. The highest BCUT2D eigenvalue weighted by Gasteiger charge is 2.40. The molecule has 2 aliphatic carbocycles. The van der Waals surface area contributed by atoms with Gasteiger partial charge in [-0.15, -0.1) is 0 Å². The molecular weight excluding hydrogens is 252 g/mol. The molecule has 2 N–H and O–H groups in total. The maximum Gasteiger partial charge on any atom is 0.0613 e. The van der Waals surface area contributed by atoms with Crippen LogP contribution >= 0.6 is 0 Å². The second-order valence-corrected chi connectivity index (χ2v) is 7.01. The van der Waals surface area contributed by atoms with Gasteiger partial charge in [0.05, 0.1) is 19.3 Å². The molecule has 20 heavy (non-hydrogen) atoms. The van der Waals surface area contributed by atoms with Gasteiger partial charge in [-0.2, -0.15) is 0 Å². The Hall–Kier alpha value is -0.160. The van der Waals surface area contributed by atoms with E-state index in [0.29, 0.717) is 18.2 Å². The van der Waals surface area contributed by atoms with Gasteiger partial charge in [-0.05, 0) is 59.4 Å². The standard InChI is InChI=1S/C16H32N2O2/c1-13(2)20-10-9-18(3)15-5-4-8-16(11-15,12-19)17-14-6-7-14/h13-15,17,19H,4-12H2,1-3H3. The molecule has 0 aromatic carbocycles. The van der Waals surface area contributed by atoms with Crippen LogP contribution in [-0.4, -0.2) is 60.5 Å². The maximum atomic E-state index is 9.86. The van der Waals surface area contributed by atoms with Crippen molar-refractivity contribution in [3.05, 3.63) is 0 Å². The average molecular weight is 284 g/mol. The molecule has 0 spiro atoms. The molecule has 0 aromatic heterocycles. The lowest BCUT2D eigenvalue weighted by molar-refractivity contribution is 0.0323. The number of nitrogens with zero attached hydrogens (tertiary/aromatic N) is 1. The second kappa shape index (κ2) is 7.21. The van der Waals surface area contributed by atoms with Crippen molar-refractivity contribution in [2.24, 2.45) is 0 Å². The van der Waals surface area contributed by atoms with Gasteiger partial charge in [-0.25, -0.2) is 0 Å². The fourth-order valence-electron chi connectivity index (χ4n) is 3.30. The van der Waals surface area contributed by atoms with Crippen molar-refractivity contribution in [2.75, 3.05) is 26.8 Å². The summed E-state index contributed by atoms with van der Waals surface area (Å²) >= 11 is 0. The SMILES string of the molecule is CC(C)OCCN(C)C1CCCC(CO)(NC2CC2)C1. The van der Waals surface area contributed by atoms with Crippen molar-refractivity contribution in [3.8, 4) is 0 Å². The topological polar surface area (TPSA) is 44.7 Å². The number of aliphatic hydroxyl groups is 1. The molecule has 0 heterocycles. The number of ether oxygens (including phenoxy) is 1. The molecule has 0 aliphatic heterocycles. The molecule has 118 valence electrons. The molecule has 2 fully saturated rings. The Kier molecular flexibility index (Phi) is 5.84. The highest BCUT2D eigenvalue weighted by molar-refractivity contribution is 5.00. The van der Waals surface area contributed by atoms with Crippen molar-refractivity contribution in [3.63, 3.8) is 0 Å². The van der Waals surface area contributed by atoms with Crippen LogP contribution in [0.1, 0.15) is 52.4 Å². The number of hydrogen-bond donors (Lipinski definition) is 2. The van der Waals surface area contributed by atoms with Crippen molar-refractivity contribution in [2.45, 2.75) is 76.1 Å². The van der Waals surface area contributed by atoms with Crippen LogP contribution in [0.15, 0.2) is 0 Å². The van der Waals surface area contributed by atoms with Gasteiger partial charge in [-0.1, -0.05) is 0 Å². The minimum atomic E-state index is -0.0305. The first-order chi connectivity index (χ1) is 9.54. The number of likely N-dealkylation sites (N-methyl/N-ethyl adjacent to an activating group) is 1. The minimum absolute atomic E-state index is 0.0305. The average Bonchev–Trinajstić information content (AvgIpc) is 3.22. The largest absolute Gasteiger partial charge is 0.394 e. The zero-order chi connectivity index (χ0) is 14.6. The molecule has 0 bridgehead atoms. The Balaban J connectivity index is 1.81. The normalized spacial score (nSPS) is 31.2. The Morgan fingerprint density at radius 3 is 2.70 bits per heavy atom. The van der Waals surface area contributed by atoms with Crippen molar-refractivity contribution in [1.82, 2.24) is 10.2 Å². The zero-order valence-corrected chi connectivity index (χ0v) is 13.4. The summed E-state index contributed by atoms with van der Waals surface area (Å²) < 4.78 is 5.65. The van der Waals surface area contributed by atoms with Crippen LogP contribution in [0.2, 0.25) is 0 Å². The number of rotatable bonds is 8. The van der Waals surface area contributed by atoms with E-state index in [-0.39, 0.29) is 12.1 Å². The van der Waals surface area contributed by atoms with Crippen molar-refractivity contribution < 1.29 is 9.84 Å². The third kappa shape index (κ3) is 4.69. The number of nitrogens with one attached hydrogen (secondary N) is 1. The van der Waals surface area contributed by atoms with Crippen LogP contribution in [0, 0.1) is 0 Å². The Bertz CT molecular complexity index is 294. The molecule has 0 saturated heterocycles. The van der Waals surface area contributed by atoms with Crippen molar-refractivity contribution >= 4 is 0 Å². The van der Waals surface area contributed by atoms with E-state index in [1.54, 1.807) is 0 Å². The zero-order valence-electron chi connectivity index (χ0n) is 13.4. The lowest BCUT2D eigenvalue weighted by Gasteiger charge is -2.43. The van der Waals surface area contributed by atoms with E-state index in [9.17, 15) is 5.11 Å². The third-order valence-electron chi connectivity index (χ3n) is 4.73. The highest BCUT2D eigenvalue weighted by atomic mass is 16.5. The summed E-state index contributed by atoms with van der Waals surface area (Å²) in [6.07, 6.45) is 7.51. The monoisotopic (exact) mass is 284 g/mol. The molecule has 0 amide bonds. The summed E-state index contributed by atoms with van der Waals surface area (Å²) in [5.41, 5.74) is -0.0305. The van der Waals surface area contributed by atoms with Crippen LogP contribution in [0.5, 0.6) is 0 Å². The first kappa shape index (κ1) is 16.2. The summed E-state index contributed by atoms with van der Waals surface area (Å²) in [5, 5.41) is 13.6. The first-order valence-corrected chi connectivity index (χ1v) is 8.25. The summed E-state index contributed by atoms with van der Waals surface area (Å²) in [7, 11) is 2.19. The first-order valence-electron chi connectivity index (χ1n) is 8.25. The van der Waals surface area contributed by atoms with Gasteiger partial charge in [0, 0.05) is 24.2 Å². The van der Waals surface area contributed by atoms with Gasteiger partial charge in [-0.3, -0.25) is 0 Å². The van der Waals surface area contributed by atoms with E-state index in [1.165, 1.54) is 25.7 Å². The number of hydrogen-bond acceptors (Lipinski definition) is 4. The summed E-state index contributed by atoms with van der Waals surface area (Å²) in [5.74, 6) is 0. The highest BCUT2D eigenvalue weighted by Crippen LogP contribution is 2.34. The molecular formula is C16H32N2O2. The fraction of sp³-hybridized carbons (Fsp3) is 1.00. The molecule has 0 radical (unpaired) electrons. The van der Waals surface area contributed by atoms with E-state index in [4.69, 9.17) is 4.74 Å². The van der Waals surface area contributed by atoms with Crippen LogP contribution in [0.4, 0.5) is 0 Å². The summed E-state index contributed by atoms with van der Waals surface area (Å²) in [6, 6.07) is 1.23. The molecule has 2 aliphatic rings. The maximum absolute atomic E-state index is 9.86. The minimum Gasteiger partial charge on any atom is -0.394 e. The predicted octanol–water partition coefficient (Wildman–Crippen LogP) is 1.77. The molecule has 4 nitrogen and oxygen atoms in total. The predicted molar refractivity (Wildman–Crippen MR) is 81.9 cm³/mol. The quantitative estimate of drug-likeness (QED) is 0.713. The van der Waals surface area contributed by atoms with Gasteiger partial charge < -0.3 is 20.1 Å². The molecule has 2 unspecified atom stereocenters. The van der Waals surface area contributed by atoms with E-state index >= 15 is 0 Å². The second-order valence-electron chi connectivity index (χ2n) is 7.01. The summed E-state index contributed by atoms with van der Waals surface area (Å²) in [6.45, 7) is 6.21. The van der Waals surface area contributed by atoms with Crippen LogP contribution in [-0.2, 0) is 4.74 Å². The van der Waals surface area contributed by atoms with Crippen LogP contribution in [0.3, 0.4) is 0 Å². The van der Waals surface area contributed by atoms with E-state index in [0.717, 1.165) is 26.0 Å². The molecule has 2 saturated carbocycles. The van der Waals surface area contributed by atoms with Crippen molar-refractivity contribution in [1.29, 1.82) is 0 Å². The Morgan fingerprint density at radius 2 is 2.10 bits per heavy atom. The Morgan fingerprint density at radius 1 is 1.35 bits per heavy atom. The lowest BCUT2D eigenvalue weighted by atomic mass is 9.78. The van der Waals surface area contributed by atoms with Gasteiger partial charge in [0.25, 0.3) is 0 Å². The van der Waals surface area contributed by atoms with Gasteiger partial charge in [0.2, 0.25) is 0 Å². The van der Waals surface area contributed by atoms with E-state index < -0.39 is 0 Å². The lowest BCUT2D eigenvalue weighted by Crippen LogP contribution is -2.56. The number of aliphatic hydroxyl groups excluding tert-OH is 1. The van der Waals surface area contributed by atoms with Gasteiger partial charge in [0.1, 0.15) is 0 Å². The summed E-state index contributed by atoms with van der Waals surface area (Å²) in [4.78, 5) is 2.42. The van der Waals surface area contributed by atoms with Crippen LogP contribution < -0.4 is 5.32 Å². The molecule has 4 heteroatoms. The van der Waals surface area contributed by atoms with Gasteiger partial charge in [0.15, 0.2) is 0 Å². The van der Waals surface area contributed by atoms with Crippen LogP contribution in [0.25, 0.3) is 0 Å². The van der Waals surface area contributed by atoms with E-state index in [2.05, 4.69) is 31.1 Å².